The molecule has 1 saturated heterocycles. The van der Waals surface area contributed by atoms with Crippen LogP contribution in [0.4, 0.5) is 5.69 Å². The molecular formula is C20H24N4O. The number of nitrogens with zero attached hydrogens (tertiary/aromatic N) is 4. The van der Waals surface area contributed by atoms with Crippen LogP contribution in [0.2, 0.25) is 0 Å². The van der Waals surface area contributed by atoms with Crippen LogP contribution in [0.25, 0.3) is 0 Å². The van der Waals surface area contributed by atoms with Gasteiger partial charge in [-0.1, -0.05) is 24.3 Å². The number of piperazine rings is 1. The molecule has 1 fully saturated rings. The molecule has 0 unspecified atom stereocenters. The van der Waals surface area contributed by atoms with Gasteiger partial charge in [0.05, 0.1) is 11.9 Å². The third-order valence-corrected chi connectivity index (χ3v) is 5.25. The van der Waals surface area contributed by atoms with Crippen LogP contribution in [-0.2, 0) is 13.0 Å². The predicted molar refractivity (Wildman–Crippen MR) is 98.8 cm³/mol. The number of carbonyl (C=O) groups is 1. The van der Waals surface area contributed by atoms with Gasteiger partial charge in [0.2, 0.25) is 0 Å². The number of fused-ring (bicyclic) bond motifs is 1. The van der Waals surface area contributed by atoms with Gasteiger partial charge in [0, 0.05) is 39.3 Å². The van der Waals surface area contributed by atoms with E-state index in [1.54, 1.807) is 0 Å². The van der Waals surface area contributed by atoms with Crippen molar-refractivity contribution in [1.29, 1.82) is 0 Å². The fourth-order valence-electron chi connectivity index (χ4n) is 3.60. The van der Waals surface area contributed by atoms with Crippen molar-refractivity contribution < 1.29 is 4.79 Å². The van der Waals surface area contributed by atoms with Crippen LogP contribution >= 0.6 is 0 Å². The van der Waals surface area contributed by atoms with Gasteiger partial charge in [-0.25, -0.2) is 4.98 Å². The lowest BCUT2D eigenvalue weighted by molar-refractivity contribution is 0.0729. The van der Waals surface area contributed by atoms with Crippen LogP contribution in [0.15, 0.2) is 42.6 Å². The van der Waals surface area contributed by atoms with Crippen LogP contribution < -0.4 is 4.90 Å². The molecule has 0 spiro atoms. The Morgan fingerprint density at radius 2 is 1.72 bits per heavy atom. The van der Waals surface area contributed by atoms with Gasteiger partial charge in [-0.2, -0.15) is 0 Å². The van der Waals surface area contributed by atoms with Crippen LogP contribution in [0, 0.1) is 0 Å². The number of carbonyl (C=O) groups excluding carboxylic acids is 1. The molecule has 2 aliphatic heterocycles. The molecule has 0 N–H and O–H groups in total. The minimum absolute atomic E-state index is 0.0273. The third-order valence-electron chi connectivity index (χ3n) is 5.25. The van der Waals surface area contributed by atoms with Crippen LogP contribution in [0.5, 0.6) is 0 Å². The highest BCUT2D eigenvalue weighted by atomic mass is 16.2. The van der Waals surface area contributed by atoms with E-state index in [1.165, 1.54) is 11.1 Å². The van der Waals surface area contributed by atoms with E-state index in [4.69, 9.17) is 0 Å². The Hall–Kier alpha value is -2.40. The summed E-state index contributed by atoms with van der Waals surface area (Å²) in [5, 5.41) is 0. The fourth-order valence-corrected chi connectivity index (χ4v) is 3.60. The Morgan fingerprint density at radius 3 is 2.44 bits per heavy atom. The number of hydrogen-bond acceptors (Lipinski definition) is 4. The number of aromatic nitrogens is 1. The standard InChI is InChI=1S/C20H24N4O/c1-22-10-12-23(13-11-22)18-6-7-19(21-14-18)20(25)24-9-8-16-4-2-3-5-17(16)15-24/h2-7,14H,8-13,15H2,1H3. The van der Waals surface area contributed by atoms with Crippen molar-refractivity contribution >= 4 is 11.6 Å². The topological polar surface area (TPSA) is 39.7 Å². The fraction of sp³-hybridized carbons (Fsp3) is 0.400. The zero-order chi connectivity index (χ0) is 17.2. The van der Waals surface area contributed by atoms with Crippen molar-refractivity contribution in [1.82, 2.24) is 14.8 Å². The van der Waals surface area contributed by atoms with Crippen molar-refractivity contribution in [2.75, 3.05) is 44.7 Å². The highest BCUT2D eigenvalue weighted by Crippen LogP contribution is 2.21. The average molecular weight is 336 g/mol. The van der Waals surface area contributed by atoms with Crippen molar-refractivity contribution in [3.63, 3.8) is 0 Å². The number of anilines is 1. The summed E-state index contributed by atoms with van der Waals surface area (Å²) in [7, 11) is 2.15. The van der Waals surface area contributed by atoms with E-state index in [-0.39, 0.29) is 5.91 Å². The van der Waals surface area contributed by atoms with Gasteiger partial charge in [0.15, 0.2) is 0 Å². The summed E-state index contributed by atoms with van der Waals surface area (Å²) in [6, 6.07) is 12.3. The predicted octanol–water partition coefficient (Wildman–Crippen LogP) is 2.03. The van der Waals surface area contributed by atoms with E-state index in [9.17, 15) is 4.79 Å². The smallest absolute Gasteiger partial charge is 0.272 e. The molecule has 0 radical (unpaired) electrons. The van der Waals surface area contributed by atoms with Crippen molar-refractivity contribution in [2.45, 2.75) is 13.0 Å². The summed E-state index contributed by atoms with van der Waals surface area (Å²) in [5.74, 6) is 0.0273. The normalized spacial score (nSPS) is 18.1. The van der Waals surface area contributed by atoms with Crippen LogP contribution in [0.3, 0.4) is 0 Å². The van der Waals surface area contributed by atoms with E-state index >= 15 is 0 Å². The summed E-state index contributed by atoms with van der Waals surface area (Å²) in [5.41, 5.74) is 4.24. The van der Waals surface area contributed by atoms with Crippen LogP contribution in [-0.4, -0.2) is 60.5 Å². The zero-order valence-electron chi connectivity index (χ0n) is 14.7. The molecule has 5 heteroatoms. The first-order valence-electron chi connectivity index (χ1n) is 8.96. The number of amides is 1. The molecule has 130 valence electrons. The maximum Gasteiger partial charge on any atom is 0.272 e. The van der Waals surface area contributed by atoms with Crippen molar-refractivity contribution in [3.05, 3.63) is 59.4 Å². The average Bonchev–Trinajstić information content (AvgIpc) is 2.68. The molecule has 3 heterocycles. The molecule has 0 saturated carbocycles. The Kier molecular flexibility index (Phi) is 4.40. The number of rotatable bonds is 2. The molecule has 1 aromatic carbocycles. The quantitative estimate of drug-likeness (QED) is 0.841. The summed E-state index contributed by atoms with van der Waals surface area (Å²) >= 11 is 0. The van der Waals surface area contributed by atoms with Crippen molar-refractivity contribution in [2.24, 2.45) is 0 Å². The van der Waals surface area contributed by atoms with Gasteiger partial charge < -0.3 is 14.7 Å². The van der Waals surface area contributed by atoms with Gasteiger partial charge in [-0.3, -0.25) is 4.79 Å². The zero-order valence-corrected chi connectivity index (χ0v) is 14.7. The number of benzene rings is 1. The molecule has 2 aromatic rings. The number of likely N-dealkylation sites (N-methyl/N-ethyl adjacent to an activating group) is 1. The number of pyridine rings is 1. The minimum atomic E-state index is 0.0273. The second-order valence-electron chi connectivity index (χ2n) is 6.94. The minimum Gasteiger partial charge on any atom is -0.368 e. The second-order valence-corrected chi connectivity index (χ2v) is 6.94. The highest BCUT2D eigenvalue weighted by Gasteiger charge is 2.22. The largest absolute Gasteiger partial charge is 0.368 e. The maximum atomic E-state index is 12.8. The maximum absolute atomic E-state index is 12.8. The monoisotopic (exact) mass is 336 g/mol. The first-order chi connectivity index (χ1) is 12.2. The lowest BCUT2D eigenvalue weighted by Crippen LogP contribution is -2.44. The highest BCUT2D eigenvalue weighted by molar-refractivity contribution is 5.92. The molecule has 25 heavy (non-hydrogen) atoms. The van der Waals surface area contributed by atoms with E-state index in [2.05, 4.69) is 40.0 Å². The summed E-state index contributed by atoms with van der Waals surface area (Å²) in [4.78, 5) is 23.8. The van der Waals surface area contributed by atoms with Gasteiger partial charge in [-0.15, -0.1) is 0 Å². The molecule has 0 bridgehead atoms. The lowest BCUT2D eigenvalue weighted by Gasteiger charge is -2.34. The molecule has 4 rings (SSSR count). The van der Waals surface area contributed by atoms with E-state index < -0.39 is 0 Å². The van der Waals surface area contributed by atoms with Gasteiger partial charge in [-0.05, 0) is 36.7 Å². The lowest BCUT2D eigenvalue weighted by atomic mass is 10.00. The Labute approximate surface area is 148 Å². The molecule has 0 aliphatic carbocycles. The summed E-state index contributed by atoms with van der Waals surface area (Å²) in [6.07, 6.45) is 2.76. The molecule has 2 aliphatic rings. The number of hydrogen-bond donors (Lipinski definition) is 0. The SMILES string of the molecule is CN1CCN(c2ccc(C(=O)N3CCc4ccccc4C3)nc2)CC1. The molecule has 1 amide bonds. The Balaban J connectivity index is 1.44. The van der Waals surface area contributed by atoms with Gasteiger partial charge in [0.1, 0.15) is 5.69 Å². The van der Waals surface area contributed by atoms with Gasteiger partial charge in [0.25, 0.3) is 5.91 Å². The Bertz CT molecular complexity index is 751. The van der Waals surface area contributed by atoms with Gasteiger partial charge >= 0.3 is 0 Å². The van der Waals surface area contributed by atoms with E-state index in [0.717, 1.165) is 44.8 Å². The molecule has 0 atom stereocenters. The first-order valence-corrected chi connectivity index (χ1v) is 8.96. The van der Waals surface area contributed by atoms with Crippen LogP contribution in [0.1, 0.15) is 21.6 Å². The summed E-state index contributed by atoms with van der Waals surface area (Å²) < 4.78 is 0. The van der Waals surface area contributed by atoms with E-state index in [0.29, 0.717) is 12.2 Å². The summed E-state index contributed by atoms with van der Waals surface area (Å²) in [6.45, 7) is 5.58. The Morgan fingerprint density at radius 1 is 0.960 bits per heavy atom. The second kappa shape index (κ2) is 6.84. The van der Waals surface area contributed by atoms with E-state index in [1.807, 2.05) is 29.3 Å². The molecule has 5 nitrogen and oxygen atoms in total. The molecule has 1 aromatic heterocycles. The molecular weight excluding hydrogens is 312 g/mol. The third kappa shape index (κ3) is 3.37. The van der Waals surface area contributed by atoms with Crippen molar-refractivity contribution in [3.8, 4) is 0 Å². The first kappa shape index (κ1) is 16.1.